The molecule has 3 heterocycles. The minimum absolute atomic E-state index is 0. The molecule has 3 aliphatic rings. The maximum absolute atomic E-state index is 13.3. The van der Waals surface area contributed by atoms with Gasteiger partial charge in [0.05, 0.1) is 31.4 Å². The van der Waals surface area contributed by atoms with Gasteiger partial charge in [-0.2, -0.15) is 0 Å². The van der Waals surface area contributed by atoms with Crippen molar-refractivity contribution in [3.8, 4) is 0 Å². The monoisotopic (exact) mass is 561 g/mol. The Morgan fingerprint density at radius 2 is 1.76 bits per heavy atom. The second-order valence-corrected chi connectivity index (χ2v) is 12.8. The predicted octanol–water partition coefficient (Wildman–Crippen LogP) is -4.56. The zero-order valence-electron chi connectivity index (χ0n) is 20.5. The van der Waals surface area contributed by atoms with E-state index < -0.39 is 68.1 Å². The molecule has 16 heteroatoms. The summed E-state index contributed by atoms with van der Waals surface area (Å²) in [7, 11) is -3.87. The molecule has 0 bridgehead atoms. The summed E-state index contributed by atoms with van der Waals surface area (Å²) in [6, 6.07) is 2.56. The normalized spacial score (nSPS) is 25.1. The van der Waals surface area contributed by atoms with Crippen molar-refractivity contribution >= 4 is 51.6 Å². The van der Waals surface area contributed by atoms with Gasteiger partial charge in [-0.15, -0.1) is 11.8 Å². The van der Waals surface area contributed by atoms with E-state index >= 15 is 0 Å². The first-order valence-corrected chi connectivity index (χ1v) is 13.6. The number of carboxylic acid groups (broad SMARTS) is 1. The minimum Gasteiger partial charge on any atom is -0.548 e. The van der Waals surface area contributed by atoms with Crippen LogP contribution in [0.5, 0.6) is 0 Å². The van der Waals surface area contributed by atoms with Crippen LogP contribution in [0, 0.1) is 0 Å². The summed E-state index contributed by atoms with van der Waals surface area (Å²) in [6.45, 7) is 2.92. The quantitative estimate of drug-likeness (QED) is 0.256. The number of hydrogen-bond acceptors (Lipinski definition) is 9. The van der Waals surface area contributed by atoms with Gasteiger partial charge in [0.15, 0.2) is 0 Å². The first-order valence-electron chi connectivity index (χ1n) is 10.9. The number of fused-ring (bicyclic) bond motifs is 1. The molecule has 13 nitrogen and oxygen atoms in total. The second kappa shape index (κ2) is 10.4. The van der Waals surface area contributed by atoms with Crippen LogP contribution >= 0.6 is 11.8 Å². The first-order chi connectivity index (χ1) is 16.7. The molecule has 194 valence electrons. The summed E-state index contributed by atoms with van der Waals surface area (Å²) in [5, 5.41) is 16.0. The molecule has 0 unspecified atom stereocenters. The topological polar surface area (TPSA) is 176 Å². The number of nitrogens with one attached hydrogen (secondary N) is 2. The van der Waals surface area contributed by atoms with E-state index in [4.69, 9.17) is 0 Å². The largest absolute Gasteiger partial charge is 1.00 e. The molecule has 0 saturated carbocycles. The average molecular weight is 562 g/mol. The predicted molar refractivity (Wildman–Crippen MR) is 124 cm³/mol. The third-order valence-electron chi connectivity index (χ3n) is 6.24. The van der Waals surface area contributed by atoms with Crippen LogP contribution in [0.15, 0.2) is 30.3 Å². The summed E-state index contributed by atoms with van der Waals surface area (Å²) >= 11 is 1.22. The van der Waals surface area contributed by atoms with E-state index in [2.05, 4.69) is 10.6 Å². The maximum Gasteiger partial charge on any atom is 1.00 e. The number of amides is 6. The van der Waals surface area contributed by atoms with Gasteiger partial charge in [0, 0.05) is 4.75 Å². The third-order valence-corrected chi connectivity index (χ3v) is 8.95. The number of urea groups is 2. The fraction of sp³-hybridized carbons (Fsp3) is 0.476. The van der Waals surface area contributed by atoms with Gasteiger partial charge in [-0.05, 0) is 19.4 Å². The Labute approximate surface area is 239 Å². The molecule has 3 fully saturated rings. The fourth-order valence-electron chi connectivity index (χ4n) is 4.52. The number of rotatable bonds is 6. The number of benzene rings is 1. The Balaban J connectivity index is 0.00000380. The molecule has 6 amide bonds. The van der Waals surface area contributed by atoms with Crippen LogP contribution < -0.4 is 45.3 Å². The van der Waals surface area contributed by atoms with Gasteiger partial charge in [0.1, 0.15) is 17.5 Å². The smallest absolute Gasteiger partial charge is 0.548 e. The first kappa shape index (κ1) is 29.2. The molecule has 0 aromatic heterocycles. The van der Waals surface area contributed by atoms with Gasteiger partial charge in [0.2, 0.25) is 21.8 Å². The summed E-state index contributed by atoms with van der Waals surface area (Å²) < 4.78 is 23.2. The molecule has 1 aromatic rings. The van der Waals surface area contributed by atoms with Gasteiger partial charge in [-0.3, -0.25) is 9.59 Å². The molecule has 0 aliphatic carbocycles. The molecular weight excluding hydrogens is 537 g/mol. The number of carboxylic acids is 1. The Kier molecular flexibility index (Phi) is 8.25. The molecule has 4 rings (SSSR count). The molecule has 37 heavy (non-hydrogen) atoms. The van der Waals surface area contributed by atoms with Gasteiger partial charge in [0.25, 0.3) is 0 Å². The maximum atomic E-state index is 13.3. The van der Waals surface area contributed by atoms with E-state index in [0.717, 1.165) is 6.26 Å². The summed E-state index contributed by atoms with van der Waals surface area (Å²) in [5.74, 6) is -2.73. The van der Waals surface area contributed by atoms with Crippen LogP contribution in [0.25, 0.3) is 0 Å². The molecule has 3 aliphatic heterocycles. The van der Waals surface area contributed by atoms with Crippen LogP contribution in [0.1, 0.15) is 25.5 Å². The van der Waals surface area contributed by atoms with Crippen LogP contribution in [0.2, 0.25) is 0 Å². The molecular formula is C21H24N5NaO8S2. The van der Waals surface area contributed by atoms with E-state index in [0.29, 0.717) is 14.8 Å². The molecule has 1 aromatic carbocycles. The number of imide groups is 1. The molecule has 4 atom stereocenters. The standard InChI is InChI=1S/C21H25N5O8S2.Na/c1-21(2)14(18(29)30)26-16(28)13(17(26)35-21)22-15(27)12(11-7-5-4-6-8-11)23-19(31)24-9-10-25(20(24)32)36(3,33)34;/h4-8,12-14,17H,9-10H2,1-3H3,(H,22,27)(H,23,31)(H,29,30);/q;+1/p-1/t12-,13-,14+,17-;/m0./s1. The Bertz CT molecular complexity index is 1240. The summed E-state index contributed by atoms with van der Waals surface area (Å²) in [5.41, 5.74) is 0.352. The number of nitrogens with zero attached hydrogens (tertiary/aromatic N) is 3. The third kappa shape index (κ3) is 5.32. The van der Waals surface area contributed by atoms with Crippen molar-refractivity contribution < 1.29 is 67.1 Å². The number of carbonyl (C=O) groups excluding carboxylic acids is 5. The second-order valence-electron chi connectivity index (χ2n) is 9.13. The van der Waals surface area contributed by atoms with Crippen molar-refractivity contribution in [3.63, 3.8) is 0 Å². The Morgan fingerprint density at radius 1 is 1.14 bits per heavy atom. The van der Waals surface area contributed by atoms with Crippen LogP contribution in [-0.4, -0.2) is 93.9 Å². The van der Waals surface area contributed by atoms with Gasteiger partial charge >= 0.3 is 41.6 Å². The average Bonchev–Trinajstić information content (AvgIpc) is 3.31. The molecule has 0 spiro atoms. The van der Waals surface area contributed by atoms with Crippen molar-refractivity contribution in [2.75, 3.05) is 19.3 Å². The van der Waals surface area contributed by atoms with Crippen LogP contribution in [0.4, 0.5) is 9.59 Å². The molecule has 2 N–H and O–H groups in total. The number of aliphatic carboxylic acids is 1. The van der Waals surface area contributed by atoms with E-state index in [-0.39, 0.29) is 42.6 Å². The van der Waals surface area contributed by atoms with Crippen molar-refractivity contribution in [2.45, 2.75) is 42.1 Å². The Hall–Kier alpha value is -2.33. The number of thioether (sulfide) groups is 1. The van der Waals surface area contributed by atoms with Crippen molar-refractivity contribution in [2.24, 2.45) is 0 Å². The number of sulfonamides is 1. The van der Waals surface area contributed by atoms with Crippen LogP contribution in [-0.2, 0) is 24.4 Å². The van der Waals surface area contributed by atoms with E-state index in [1.54, 1.807) is 44.2 Å². The molecule has 3 saturated heterocycles. The van der Waals surface area contributed by atoms with Gasteiger partial charge in [-0.25, -0.2) is 27.2 Å². The van der Waals surface area contributed by atoms with E-state index in [1.165, 1.54) is 16.7 Å². The Morgan fingerprint density at radius 3 is 2.30 bits per heavy atom. The SMILES string of the molecule is CC1(C)S[C@H]2[C@@H](NC(=O)[C@@H](NC(=O)N3CCN(S(C)(=O)=O)C3=O)c3ccccc3)C(=O)N2[C@@H]1C(=O)[O-].[Na+]. The molecule has 0 radical (unpaired) electrons. The van der Waals surface area contributed by atoms with Crippen molar-refractivity contribution in [1.29, 1.82) is 0 Å². The van der Waals surface area contributed by atoms with Gasteiger partial charge < -0.3 is 25.4 Å². The van der Waals surface area contributed by atoms with Crippen molar-refractivity contribution in [3.05, 3.63) is 35.9 Å². The minimum atomic E-state index is -3.87. The zero-order valence-corrected chi connectivity index (χ0v) is 24.2. The number of hydrogen-bond donors (Lipinski definition) is 2. The van der Waals surface area contributed by atoms with E-state index in [9.17, 15) is 37.5 Å². The number of β-lactam (4-membered cyclic amide) rings is 1. The zero-order chi connectivity index (χ0) is 26.6. The fourth-order valence-corrected chi connectivity index (χ4v) is 6.94. The number of carbonyl (C=O) groups is 5. The van der Waals surface area contributed by atoms with E-state index in [1.807, 2.05) is 0 Å². The van der Waals surface area contributed by atoms with Gasteiger partial charge in [-0.1, -0.05) is 30.3 Å². The summed E-state index contributed by atoms with van der Waals surface area (Å²) in [6.07, 6.45) is 0.846. The van der Waals surface area contributed by atoms with Crippen molar-refractivity contribution in [1.82, 2.24) is 24.7 Å². The summed E-state index contributed by atoms with van der Waals surface area (Å²) in [4.78, 5) is 64.8. The van der Waals surface area contributed by atoms with Crippen LogP contribution in [0.3, 0.4) is 0 Å².